The molecule has 0 heterocycles. The van der Waals surface area contributed by atoms with Crippen molar-refractivity contribution < 1.29 is 9.53 Å². The highest BCUT2D eigenvalue weighted by Gasteiger charge is 2.26. The lowest BCUT2D eigenvalue weighted by atomic mass is 9.82. The van der Waals surface area contributed by atoms with E-state index in [0.717, 1.165) is 32.2 Å². The van der Waals surface area contributed by atoms with Gasteiger partial charge in [0.05, 0.1) is 12.5 Å². The summed E-state index contributed by atoms with van der Waals surface area (Å²) in [5, 5.41) is 0. The molecular formula is C10H20ClNO2. The third kappa shape index (κ3) is 3.84. The third-order valence-corrected chi connectivity index (χ3v) is 2.80. The van der Waals surface area contributed by atoms with Crippen molar-refractivity contribution in [1.29, 1.82) is 0 Å². The van der Waals surface area contributed by atoms with Crippen LogP contribution in [0.25, 0.3) is 0 Å². The molecule has 1 fully saturated rings. The molecule has 0 radical (unpaired) electrons. The van der Waals surface area contributed by atoms with E-state index in [1.54, 1.807) is 0 Å². The van der Waals surface area contributed by atoms with Gasteiger partial charge in [-0.1, -0.05) is 0 Å². The minimum Gasteiger partial charge on any atom is -0.466 e. The first kappa shape index (κ1) is 13.7. The van der Waals surface area contributed by atoms with E-state index in [9.17, 15) is 4.79 Å². The van der Waals surface area contributed by atoms with E-state index in [1.165, 1.54) is 0 Å². The predicted octanol–water partition coefficient (Wildman–Crippen LogP) is 1.74. The van der Waals surface area contributed by atoms with Gasteiger partial charge in [0.15, 0.2) is 0 Å². The second-order valence-electron chi connectivity index (χ2n) is 3.71. The molecule has 0 unspecified atom stereocenters. The van der Waals surface area contributed by atoms with Gasteiger partial charge in [0.1, 0.15) is 0 Å². The van der Waals surface area contributed by atoms with Gasteiger partial charge in [-0.3, -0.25) is 4.79 Å². The maximum Gasteiger partial charge on any atom is 0.308 e. The zero-order valence-electron chi connectivity index (χ0n) is 8.70. The zero-order chi connectivity index (χ0) is 9.68. The second-order valence-corrected chi connectivity index (χ2v) is 3.71. The fourth-order valence-electron chi connectivity index (χ4n) is 1.89. The largest absolute Gasteiger partial charge is 0.466 e. The number of halogens is 1. The summed E-state index contributed by atoms with van der Waals surface area (Å²) >= 11 is 0. The molecule has 1 aliphatic rings. The summed E-state index contributed by atoms with van der Waals surface area (Å²) in [5.74, 6) is 0.756. The lowest BCUT2D eigenvalue weighted by Crippen LogP contribution is -2.26. The van der Waals surface area contributed by atoms with E-state index in [-0.39, 0.29) is 24.3 Å². The quantitative estimate of drug-likeness (QED) is 0.739. The highest BCUT2D eigenvalue weighted by atomic mass is 35.5. The Balaban J connectivity index is 0.00000169. The standard InChI is InChI=1S/C10H19NO2.ClH/c1-2-13-10(12)9-5-3-8(7-11)4-6-9;/h8-9H,2-7,11H2,1H3;1H. The van der Waals surface area contributed by atoms with Crippen LogP contribution in [0.4, 0.5) is 0 Å². The first-order chi connectivity index (χ1) is 6.27. The number of carbonyl (C=O) groups excluding carboxylic acids is 1. The lowest BCUT2D eigenvalue weighted by Gasteiger charge is -2.25. The molecule has 2 N–H and O–H groups in total. The molecule has 0 spiro atoms. The molecule has 1 rings (SSSR count). The molecule has 14 heavy (non-hydrogen) atoms. The molecule has 0 bridgehead atoms. The molecule has 1 aliphatic carbocycles. The number of carbonyl (C=O) groups is 1. The minimum atomic E-state index is -0.0158. The maximum atomic E-state index is 11.3. The molecule has 0 saturated heterocycles. The van der Waals surface area contributed by atoms with Crippen molar-refractivity contribution in [3.8, 4) is 0 Å². The van der Waals surface area contributed by atoms with Crippen LogP contribution in [0.15, 0.2) is 0 Å². The normalized spacial score (nSPS) is 26.4. The summed E-state index contributed by atoms with van der Waals surface area (Å²) in [5.41, 5.74) is 5.57. The summed E-state index contributed by atoms with van der Waals surface area (Å²) in [6.45, 7) is 3.11. The Hall–Kier alpha value is -0.280. The molecule has 4 heteroatoms. The Bertz CT molecular complexity index is 168. The van der Waals surface area contributed by atoms with Crippen LogP contribution in [-0.2, 0) is 9.53 Å². The molecule has 0 aromatic rings. The topological polar surface area (TPSA) is 52.3 Å². The van der Waals surface area contributed by atoms with E-state index < -0.39 is 0 Å². The highest BCUT2D eigenvalue weighted by molar-refractivity contribution is 5.85. The first-order valence-electron chi connectivity index (χ1n) is 5.14. The number of rotatable bonds is 3. The molecule has 84 valence electrons. The van der Waals surface area contributed by atoms with Crippen LogP contribution in [0.5, 0.6) is 0 Å². The van der Waals surface area contributed by atoms with Crippen molar-refractivity contribution in [3.05, 3.63) is 0 Å². The Kier molecular flexibility index (Phi) is 6.93. The molecule has 1 saturated carbocycles. The number of hydrogen-bond donors (Lipinski definition) is 1. The fraction of sp³-hybridized carbons (Fsp3) is 0.900. The number of hydrogen-bond acceptors (Lipinski definition) is 3. The predicted molar refractivity (Wildman–Crippen MR) is 58.4 cm³/mol. The molecule has 0 aliphatic heterocycles. The van der Waals surface area contributed by atoms with Gasteiger partial charge in [-0.25, -0.2) is 0 Å². The van der Waals surface area contributed by atoms with Crippen molar-refractivity contribution >= 4 is 18.4 Å². The van der Waals surface area contributed by atoms with Gasteiger partial charge in [0.25, 0.3) is 0 Å². The second kappa shape index (κ2) is 7.07. The van der Waals surface area contributed by atoms with Crippen LogP contribution in [0.2, 0.25) is 0 Å². The summed E-state index contributed by atoms with van der Waals surface area (Å²) in [6.07, 6.45) is 4.08. The van der Waals surface area contributed by atoms with Crippen LogP contribution in [0.1, 0.15) is 32.6 Å². The minimum absolute atomic E-state index is 0. The molecular weight excluding hydrogens is 202 g/mol. The van der Waals surface area contributed by atoms with Gasteiger partial charge >= 0.3 is 5.97 Å². The Morgan fingerprint density at radius 3 is 2.36 bits per heavy atom. The van der Waals surface area contributed by atoms with Gasteiger partial charge in [-0.2, -0.15) is 0 Å². The van der Waals surface area contributed by atoms with E-state index in [4.69, 9.17) is 10.5 Å². The molecule has 0 amide bonds. The maximum absolute atomic E-state index is 11.3. The van der Waals surface area contributed by atoms with Crippen LogP contribution >= 0.6 is 12.4 Å². The van der Waals surface area contributed by atoms with Crippen molar-refractivity contribution in [2.75, 3.05) is 13.2 Å². The first-order valence-corrected chi connectivity index (χ1v) is 5.14. The van der Waals surface area contributed by atoms with Crippen LogP contribution in [0.3, 0.4) is 0 Å². The summed E-state index contributed by atoms with van der Waals surface area (Å²) < 4.78 is 4.98. The van der Waals surface area contributed by atoms with E-state index >= 15 is 0 Å². The van der Waals surface area contributed by atoms with Gasteiger partial charge < -0.3 is 10.5 Å². The van der Waals surface area contributed by atoms with Gasteiger partial charge in [-0.15, -0.1) is 12.4 Å². The fourth-order valence-corrected chi connectivity index (χ4v) is 1.89. The third-order valence-electron chi connectivity index (χ3n) is 2.80. The van der Waals surface area contributed by atoms with Gasteiger partial charge in [0, 0.05) is 0 Å². The number of nitrogens with two attached hydrogens (primary N) is 1. The van der Waals surface area contributed by atoms with E-state index in [2.05, 4.69) is 0 Å². The summed E-state index contributed by atoms with van der Waals surface area (Å²) in [4.78, 5) is 11.3. The van der Waals surface area contributed by atoms with E-state index in [0.29, 0.717) is 12.5 Å². The summed E-state index contributed by atoms with van der Waals surface area (Å²) in [6, 6.07) is 0. The Morgan fingerprint density at radius 1 is 1.36 bits per heavy atom. The monoisotopic (exact) mass is 221 g/mol. The number of esters is 1. The zero-order valence-corrected chi connectivity index (χ0v) is 9.52. The average molecular weight is 222 g/mol. The van der Waals surface area contributed by atoms with Crippen molar-refractivity contribution in [2.45, 2.75) is 32.6 Å². The lowest BCUT2D eigenvalue weighted by molar-refractivity contribution is -0.149. The molecule has 0 aromatic carbocycles. The van der Waals surface area contributed by atoms with E-state index in [1.807, 2.05) is 6.92 Å². The van der Waals surface area contributed by atoms with Gasteiger partial charge in [-0.05, 0) is 45.1 Å². The SMILES string of the molecule is CCOC(=O)C1CCC(CN)CC1.Cl. The molecule has 0 aromatic heterocycles. The smallest absolute Gasteiger partial charge is 0.308 e. The Labute approximate surface area is 91.8 Å². The van der Waals surface area contributed by atoms with Crippen LogP contribution in [0, 0.1) is 11.8 Å². The van der Waals surface area contributed by atoms with Crippen LogP contribution < -0.4 is 5.73 Å². The van der Waals surface area contributed by atoms with Crippen molar-refractivity contribution in [1.82, 2.24) is 0 Å². The van der Waals surface area contributed by atoms with Crippen molar-refractivity contribution in [3.63, 3.8) is 0 Å². The molecule has 3 nitrogen and oxygen atoms in total. The van der Waals surface area contributed by atoms with Crippen molar-refractivity contribution in [2.24, 2.45) is 17.6 Å². The molecule has 0 atom stereocenters. The highest BCUT2D eigenvalue weighted by Crippen LogP contribution is 2.28. The Morgan fingerprint density at radius 2 is 1.93 bits per heavy atom. The van der Waals surface area contributed by atoms with Gasteiger partial charge in [0.2, 0.25) is 0 Å². The average Bonchev–Trinajstić information content (AvgIpc) is 2.18. The van der Waals surface area contributed by atoms with Crippen LogP contribution in [-0.4, -0.2) is 19.1 Å². The number of ether oxygens (including phenoxy) is 1. The summed E-state index contributed by atoms with van der Waals surface area (Å²) in [7, 11) is 0.